The van der Waals surface area contributed by atoms with Gasteiger partial charge in [-0.25, -0.2) is 9.59 Å². The molecule has 2 aromatic rings. The van der Waals surface area contributed by atoms with Crippen molar-refractivity contribution in [1.29, 1.82) is 0 Å². The van der Waals surface area contributed by atoms with E-state index in [-0.39, 0.29) is 36.9 Å². The van der Waals surface area contributed by atoms with Gasteiger partial charge in [0.05, 0.1) is 0 Å². The largest absolute Gasteiger partial charge is 0.445 e. The smallest absolute Gasteiger partial charge is 0.408 e. The second-order valence-electron chi connectivity index (χ2n) is 12.2. The van der Waals surface area contributed by atoms with Crippen LogP contribution in [0.15, 0.2) is 60.7 Å². The summed E-state index contributed by atoms with van der Waals surface area (Å²) in [6.45, 7) is 9.29. The molecule has 4 atom stereocenters. The minimum absolute atomic E-state index is 0.0253. The monoisotopic (exact) mass is 652 g/mol. The Kier molecular flexibility index (Phi) is 19.4. The number of unbranched alkanes of at least 4 members (excludes halogenated alkanes) is 6. The first-order valence-electron chi connectivity index (χ1n) is 17.2. The van der Waals surface area contributed by atoms with E-state index in [0.717, 1.165) is 68.9 Å². The van der Waals surface area contributed by atoms with Gasteiger partial charge in [-0.15, -0.1) is 0 Å². The zero-order valence-corrected chi connectivity index (χ0v) is 28.7. The Hall–Kier alpha value is -4.08. The third kappa shape index (κ3) is 16.4. The molecule has 10 nitrogen and oxygen atoms in total. The lowest BCUT2D eigenvalue weighted by atomic mass is 9.98. The molecular formula is C37H56N4O6. The van der Waals surface area contributed by atoms with Crippen LogP contribution in [0.1, 0.15) is 96.6 Å². The predicted molar refractivity (Wildman–Crippen MR) is 184 cm³/mol. The highest BCUT2D eigenvalue weighted by atomic mass is 16.6. The maximum absolute atomic E-state index is 12.8. The molecule has 260 valence electrons. The van der Waals surface area contributed by atoms with E-state index in [1.165, 1.54) is 0 Å². The molecule has 0 aliphatic rings. The second-order valence-corrected chi connectivity index (χ2v) is 12.2. The van der Waals surface area contributed by atoms with Gasteiger partial charge in [0.1, 0.15) is 25.3 Å². The minimum Gasteiger partial charge on any atom is -0.445 e. The lowest BCUT2D eigenvalue weighted by molar-refractivity contribution is -0.125. The number of rotatable bonds is 22. The Bertz CT molecular complexity index is 1090. The number of alkyl carbamates (subject to hydrolysis) is 2. The molecule has 0 saturated carbocycles. The van der Waals surface area contributed by atoms with Crippen LogP contribution in [-0.2, 0) is 32.3 Å². The van der Waals surface area contributed by atoms with Crippen molar-refractivity contribution >= 4 is 24.0 Å². The first-order chi connectivity index (χ1) is 22.7. The summed E-state index contributed by atoms with van der Waals surface area (Å²) in [6.07, 6.45) is 7.24. The lowest BCUT2D eigenvalue weighted by Gasteiger charge is -2.23. The van der Waals surface area contributed by atoms with Crippen molar-refractivity contribution in [3.05, 3.63) is 71.8 Å². The van der Waals surface area contributed by atoms with Crippen molar-refractivity contribution in [2.75, 3.05) is 13.1 Å². The molecule has 4 amide bonds. The van der Waals surface area contributed by atoms with Crippen LogP contribution in [0.2, 0.25) is 0 Å². The van der Waals surface area contributed by atoms with Gasteiger partial charge in [0.15, 0.2) is 0 Å². The van der Waals surface area contributed by atoms with E-state index in [2.05, 4.69) is 21.3 Å². The van der Waals surface area contributed by atoms with E-state index in [9.17, 15) is 19.2 Å². The summed E-state index contributed by atoms with van der Waals surface area (Å²) in [5, 5.41) is 11.4. The summed E-state index contributed by atoms with van der Waals surface area (Å²) in [7, 11) is 0. The molecule has 0 saturated heterocycles. The summed E-state index contributed by atoms with van der Waals surface area (Å²) < 4.78 is 10.6. The van der Waals surface area contributed by atoms with E-state index in [4.69, 9.17) is 9.47 Å². The molecule has 2 aromatic carbocycles. The van der Waals surface area contributed by atoms with Gasteiger partial charge in [0, 0.05) is 13.1 Å². The third-order valence-electron chi connectivity index (χ3n) is 8.42. The van der Waals surface area contributed by atoms with E-state index in [1.54, 1.807) is 0 Å². The van der Waals surface area contributed by atoms with E-state index < -0.39 is 24.3 Å². The average Bonchev–Trinajstić information content (AvgIpc) is 3.10. The maximum atomic E-state index is 12.8. The first-order valence-corrected chi connectivity index (χ1v) is 17.2. The molecule has 2 rings (SSSR count). The van der Waals surface area contributed by atoms with Gasteiger partial charge in [0.2, 0.25) is 11.8 Å². The van der Waals surface area contributed by atoms with Crippen LogP contribution >= 0.6 is 0 Å². The molecule has 0 aromatic heterocycles. The number of nitrogens with one attached hydrogen (secondary N) is 4. The van der Waals surface area contributed by atoms with Crippen molar-refractivity contribution in [2.45, 2.75) is 111 Å². The Morgan fingerprint density at radius 3 is 1.23 bits per heavy atom. The highest BCUT2D eigenvalue weighted by molar-refractivity contribution is 5.86. The number of hydrogen-bond acceptors (Lipinski definition) is 6. The van der Waals surface area contributed by atoms with Crippen LogP contribution in [0.3, 0.4) is 0 Å². The fourth-order valence-corrected chi connectivity index (χ4v) is 4.96. The highest BCUT2D eigenvalue weighted by Gasteiger charge is 2.27. The fraction of sp³-hybridized carbons (Fsp3) is 0.568. The quantitative estimate of drug-likeness (QED) is 0.106. The molecule has 4 N–H and O–H groups in total. The van der Waals surface area contributed by atoms with Gasteiger partial charge in [-0.1, -0.05) is 133 Å². The Morgan fingerprint density at radius 2 is 0.894 bits per heavy atom. The highest BCUT2D eigenvalue weighted by Crippen LogP contribution is 2.12. The van der Waals surface area contributed by atoms with Crippen LogP contribution in [0.25, 0.3) is 0 Å². The lowest BCUT2D eigenvalue weighted by Crippen LogP contribution is -2.50. The first kappa shape index (κ1) is 39.1. The van der Waals surface area contributed by atoms with Crippen molar-refractivity contribution in [2.24, 2.45) is 11.8 Å². The van der Waals surface area contributed by atoms with Crippen molar-refractivity contribution in [3.8, 4) is 0 Å². The van der Waals surface area contributed by atoms with Gasteiger partial charge in [0.25, 0.3) is 0 Å². The SMILES string of the molecule is CCC(C)C(NC(=O)OCc1ccccc1)C(=O)NCCCCCCCCCNC(=O)C(NC(=O)OCc1ccccc1)C(C)CC. The fourth-order valence-electron chi connectivity index (χ4n) is 4.96. The van der Waals surface area contributed by atoms with Gasteiger partial charge in [-0.05, 0) is 35.8 Å². The number of ether oxygens (including phenoxy) is 2. The third-order valence-corrected chi connectivity index (χ3v) is 8.42. The van der Waals surface area contributed by atoms with Gasteiger partial charge < -0.3 is 30.7 Å². The molecule has 0 aliphatic carbocycles. The summed E-state index contributed by atoms with van der Waals surface area (Å²) in [4.78, 5) is 50.4. The standard InChI is InChI=1S/C37H56N4O6/c1-5-28(3)32(40-36(44)46-26-30-20-14-12-15-21-30)34(42)38-24-18-10-8-7-9-11-19-25-39-35(43)33(29(4)6-2)41-37(45)47-27-31-22-16-13-17-23-31/h12-17,20-23,28-29,32-33H,5-11,18-19,24-27H2,1-4H3,(H,38,42)(H,39,43)(H,40,44)(H,41,45). The molecule has 0 fully saturated rings. The summed E-state index contributed by atoms with van der Waals surface area (Å²) in [5.41, 5.74) is 1.77. The Morgan fingerprint density at radius 1 is 0.553 bits per heavy atom. The molecule has 0 spiro atoms. The summed E-state index contributed by atoms with van der Waals surface area (Å²) in [6, 6.07) is 17.6. The molecule has 4 unspecified atom stereocenters. The number of amides is 4. The molecule has 0 aliphatic heterocycles. The molecule has 0 radical (unpaired) electrons. The van der Waals surface area contributed by atoms with Gasteiger partial charge in [-0.3, -0.25) is 9.59 Å². The molecule has 10 heteroatoms. The van der Waals surface area contributed by atoms with Crippen molar-refractivity contribution < 1.29 is 28.7 Å². The van der Waals surface area contributed by atoms with Crippen LogP contribution < -0.4 is 21.3 Å². The van der Waals surface area contributed by atoms with Crippen LogP contribution in [0.5, 0.6) is 0 Å². The summed E-state index contributed by atoms with van der Waals surface area (Å²) >= 11 is 0. The van der Waals surface area contributed by atoms with Crippen molar-refractivity contribution in [3.63, 3.8) is 0 Å². The van der Waals surface area contributed by atoms with Crippen LogP contribution in [-0.4, -0.2) is 49.2 Å². The van der Waals surface area contributed by atoms with Gasteiger partial charge >= 0.3 is 12.2 Å². The van der Waals surface area contributed by atoms with E-state index in [0.29, 0.717) is 13.1 Å². The topological polar surface area (TPSA) is 135 Å². The van der Waals surface area contributed by atoms with Gasteiger partial charge in [-0.2, -0.15) is 0 Å². The zero-order valence-electron chi connectivity index (χ0n) is 28.7. The van der Waals surface area contributed by atoms with E-state index >= 15 is 0 Å². The number of hydrogen-bond donors (Lipinski definition) is 4. The van der Waals surface area contributed by atoms with Crippen LogP contribution in [0.4, 0.5) is 9.59 Å². The molecule has 47 heavy (non-hydrogen) atoms. The Labute approximate surface area is 281 Å². The second kappa shape index (κ2) is 23.3. The number of carbonyl (C=O) groups is 4. The number of carbonyl (C=O) groups excluding carboxylic acids is 4. The van der Waals surface area contributed by atoms with E-state index in [1.807, 2.05) is 88.4 Å². The summed E-state index contributed by atoms with van der Waals surface area (Å²) in [5.74, 6) is -0.425. The number of benzene rings is 2. The van der Waals surface area contributed by atoms with Crippen molar-refractivity contribution in [1.82, 2.24) is 21.3 Å². The van der Waals surface area contributed by atoms with Crippen LogP contribution in [0, 0.1) is 11.8 Å². The normalized spacial score (nSPS) is 13.4. The predicted octanol–water partition coefficient (Wildman–Crippen LogP) is 6.63. The maximum Gasteiger partial charge on any atom is 0.408 e. The zero-order chi connectivity index (χ0) is 34.3. The average molecular weight is 653 g/mol. The molecular weight excluding hydrogens is 596 g/mol. The Balaban J connectivity index is 1.56. The molecule has 0 bridgehead atoms. The minimum atomic E-state index is -0.645. The molecule has 0 heterocycles.